The van der Waals surface area contributed by atoms with E-state index in [2.05, 4.69) is 0 Å². The summed E-state index contributed by atoms with van der Waals surface area (Å²) in [5.74, 6) is 0. The van der Waals surface area contributed by atoms with Gasteiger partial charge in [-0.1, -0.05) is 0 Å². The fraction of sp³-hybridized carbons (Fsp3) is 0. The molecular weight excluding hydrogens is 454 g/mol. The molecule has 0 radical (unpaired) electrons. The predicted molar refractivity (Wildman–Crippen MR) is 5.75 cm³/mol. The van der Waals surface area contributed by atoms with Gasteiger partial charge in [0.2, 0.25) is 0 Å². The molecule has 66 valence electrons. The van der Waals surface area contributed by atoms with Gasteiger partial charge in [0, 0.05) is 0 Å². The Kier molecular flexibility index (Phi) is 1400. The van der Waals surface area contributed by atoms with E-state index in [1.54, 1.807) is 0 Å². The first-order valence-electron chi connectivity index (χ1n) is 0. The van der Waals surface area contributed by atoms with Crippen molar-refractivity contribution in [2.45, 2.75) is 0 Å². The molecule has 0 saturated carbocycles. The van der Waals surface area contributed by atoms with Crippen LogP contribution in [0.3, 0.4) is 0 Å². The average molecular weight is 454 g/mol. The van der Waals surface area contributed by atoms with Crippen molar-refractivity contribution in [3.05, 3.63) is 0 Å². The summed E-state index contributed by atoms with van der Waals surface area (Å²) in [4.78, 5) is 0. The van der Waals surface area contributed by atoms with E-state index in [0.717, 1.165) is 0 Å². The van der Waals surface area contributed by atoms with Gasteiger partial charge in [0.1, 0.15) is 0 Å². The second-order valence-corrected chi connectivity index (χ2v) is 0. The third kappa shape index (κ3) is 80.9. The molecule has 0 aliphatic rings. The van der Waals surface area contributed by atoms with Gasteiger partial charge >= 0.3 is 60.2 Å². The van der Waals surface area contributed by atoms with E-state index in [1.165, 1.54) is 0 Å². The number of hydrogen-bond acceptors (Lipinski definition) is 0. The van der Waals surface area contributed by atoms with Crippen LogP contribution in [0.1, 0.15) is 0 Å². The molecule has 9 heteroatoms. The van der Waals surface area contributed by atoms with Crippen LogP contribution >= 0.6 is 0 Å². The maximum absolute atomic E-state index is 0. The summed E-state index contributed by atoms with van der Waals surface area (Å²) in [5, 5.41) is 0. The molecule has 0 aromatic carbocycles. The van der Waals surface area contributed by atoms with Crippen molar-refractivity contribution in [2.24, 2.45) is 0 Å². The van der Waals surface area contributed by atoms with Gasteiger partial charge in [-0.25, -0.2) is 0 Å². The topological polar surface area (TPSA) is 0 Å². The van der Waals surface area contributed by atoms with Gasteiger partial charge in [0.15, 0.2) is 0 Å². The Balaban J connectivity index is 0. The van der Waals surface area contributed by atoms with Crippen LogP contribution in [0.2, 0.25) is 0 Å². The summed E-state index contributed by atoms with van der Waals surface area (Å²) in [5.41, 5.74) is 0. The van der Waals surface area contributed by atoms with Crippen molar-refractivity contribution >= 4 is 17.4 Å². The second kappa shape index (κ2) is 98.5. The Bertz CT molecular complexity index is 13.0. The van der Waals surface area contributed by atoms with Crippen LogP contribution in [-0.4, -0.2) is 17.4 Å². The SMILES string of the molecule is [Ag+].[Al+3].[Cl-].[Cl-].[Cl-].[Cl-].[Cl-].[Cl-].[Pd+2]. The van der Waals surface area contributed by atoms with E-state index < -0.39 is 0 Å². The first-order valence-corrected chi connectivity index (χ1v) is 0. The largest absolute Gasteiger partial charge is 3.00 e. The van der Waals surface area contributed by atoms with E-state index in [-0.39, 0.29) is 135 Å². The van der Waals surface area contributed by atoms with Gasteiger partial charge in [-0.05, 0) is 0 Å². The van der Waals surface area contributed by atoms with E-state index in [1.807, 2.05) is 0 Å². The van der Waals surface area contributed by atoms with E-state index in [0.29, 0.717) is 0 Å². The van der Waals surface area contributed by atoms with E-state index in [9.17, 15) is 0 Å². The summed E-state index contributed by atoms with van der Waals surface area (Å²) >= 11 is 0. The van der Waals surface area contributed by atoms with Crippen LogP contribution in [-0.2, 0) is 42.8 Å². The molecule has 0 amide bonds. The van der Waals surface area contributed by atoms with Crippen molar-refractivity contribution in [3.63, 3.8) is 0 Å². The van der Waals surface area contributed by atoms with E-state index in [4.69, 9.17) is 0 Å². The van der Waals surface area contributed by atoms with Gasteiger partial charge in [-0.2, -0.15) is 0 Å². The molecule has 0 saturated heterocycles. The number of halogens is 6. The smallest absolute Gasteiger partial charge is 1.00 e. The monoisotopic (exact) mass is 450 g/mol. The maximum atomic E-state index is 0. The quantitative estimate of drug-likeness (QED) is 0.320. The Hall–Kier alpha value is 3.68. The average Bonchev–Trinajstić information content (AvgIpc) is 0. The summed E-state index contributed by atoms with van der Waals surface area (Å²) < 4.78 is 0. The molecular formula is AgAlCl6Pd. The molecule has 0 aliphatic carbocycles. The minimum atomic E-state index is 0. The zero-order valence-corrected chi connectivity index (χ0v) is 12.2. The first kappa shape index (κ1) is 128. The van der Waals surface area contributed by atoms with Gasteiger partial charge in [-0.3, -0.25) is 0 Å². The standard InChI is InChI=1S/Ag.Al.6ClH.Pd/h;;6*1H;/q+1;+3;;;;;;;+2/p-6. The normalized spacial score (nSPS) is 0. The molecule has 0 N–H and O–H groups in total. The summed E-state index contributed by atoms with van der Waals surface area (Å²) in [6.07, 6.45) is 0. The molecule has 0 bridgehead atoms. The van der Waals surface area contributed by atoms with Crippen LogP contribution in [0.25, 0.3) is 0 Å². The zero-order valence-electron chi connectivity index (χ0n) is 3.46. The molecule has 0 aromatic rings. The maximum Gasteiger partial charge on any atom is 3.00 e. The van der Waals surface area contributed by atoms with Gasteiger partial charge in [0.25, 0.3) is 0 Å². The molecule has 9 heavy (non-hydrogen) atoms. The van der Waals surface area contributed by atoms with Crippen LogP contribution in [0.15, 0.2) is 0 Å². The Labute approximate surface area is 133 Å². The summed E-state index contributed by atoms with van der Waals surface area (Å²) in [6.45, 7) is 0. The predicted octanol–water partition coefficient (Wildman–Crippen LogP) is -18.4. The number of hydrogen-bond donors (Lipinski definition) is 0. The third-order valence-corrected chi connectivity index (χ3v) is 0. The fourth-order valence-electron chi connectivity index (χ4n) is 0. The molecule has 0 rings (SSSR count). The van der Waals surface area contributed by atoms with Crippen molar-refractivity contribution in [3.8, 4) is 0 Å². The minimum absolute atomic E-state index is 0. The number of rotatable bonds is 0. The molecule has 0 unspecified atom stereocenters. The van der Waals surface area contributed by atoms with Crippen LogP contribution in [0.4, 0.5) is 0 Å². The third-order valence-electron chi connectivity index (χ3n) is 0. The molecule has 0 atom stereocenters. The van der Waals surface area contributed by atoms with Gasteiger partial charge < -0.3 is 74.4 Å². The van der Waals surface area contributed by atoms with E-state index >= 15 is 0 Å². The van der Waals surface area contributed by atoms with Gasteiger partial charge in [-0.15, -0.1) is 0 Å². The van der Waals surface area contributed by atoms with Crippen LogP contribution < -0.4 is 74.4 Å². The Morgan fingerprint density at radius 3 is 0.444 bits per heavy atom. The van der Waals surface area contributed by atoms with Crippen LogP contribution in [0, 0.1) is 0 Å². The fourth-order valence-corrected chi connectivity index (χ4v) is 0. The van der Waals surface area contributed by atoms with Crippen molar-refractivity contribution in [1.82, 2.24) is 0 Å². The summed E-state index contributed by atoms with van der Waals surface area (Å²) in [7, 11) is 0. The molecule has 0 heterocycles. The van der Waals surface area contributed by atoms with Crippen molar-refractivity contribution in [2.75, 3.05) is 0 Å². The minimum Gasteiger partial charge on any atom is -1.00 e. The van der Waals surface area contributed by atoms with Crippen molar-refractivity contribution in [1.29, 1.82) is 0 Å². The van der Waals surface area contributed by atoms with Crippen molar-refractivity contribution < 1.29 is 117 Å². The zero-order chi connectivity index (χ0) is 0. The molecule has 0 fully saturated rings. The Morgan fingerprint density at radius 1 is 0.444 bits per heavy atom. The molecule has 0 spiro atoms. The Morgan fingerprint density at radius 2 is 0.444 bits per heavy atom. The first-order chi connectivity index (χ1) is 0. The summed E-state index contributed by atoms with van der Waals surface area (Å²) in [6, 6.07) is 0. The van der Waals surface area contributed by atoms with Crippen LogP contribution in [0.5, 0.6) is 0 Å². The molecule has 0 nitrogen and oxygen atoms in total. The van der Waals surface area contributed by atoms with Gasteiger partial charge in [0.05, 0.1) is 0 Å². The molecule has 0 aliphatic heterocycles. The molecule has 0 aromatic heterocycles. The second-order valence-electron chi connectivity index (χ2n) is 0.